The summed E-state index contributed by atoms with van der Waals surface area (Å²) < 4.78 is 0. The van der Waals surface area contributed by atoms with Crippen LogP contribution < -0.4 is 0 Å². The van der Waals surface area contributed by atoms with Gasteiger partial charge in [-0.3, -0.25) is 9.59 Å². The van der Waals surface area contributed by atoms with E-state index in [0.717, 1.165) is 0 Å². The van der Waals surface area contributed by atoms with Crippen molar-refractivity contribution in [2.75, 3.05) is 0 Å². The Bertz CT molecular complexity index is 373. The molecule has 0 fully saturated rings. The van der Waals surface area contributed by atoms with Crippen molar-refractivity contribution in [3.63, 3.8) is 0 Å². The van der Waals surface area contributed by atoms with Crippen molar-refractivity contribution in [2.45, 2.75) is 13.3 Å². The van der Waals surface area contributed by atoms with E-state index in [-0.39, 0.29) is 12.2 Å². The van der Waals surface area contributed by atoms with Crippen molar-refractivity contribution in [2.24, 2.45) is 11.1 Å². The molecule has 1 rings (SSSR count). The average Bonchev–Trinajstić information content (AvgIpc) is 2.29. The molecule has 1 atom stereocenters. The summed E-state index contributed by atoms with van der Waals surface area (Å²) >= 11 is 0. The van der Waals surface area contributed by atoms with E-state index in [1.165, 1.54) is 6.92 Å². The topological polar surface area (TPSA) is 63.6 Å². The van der Waals surface area contributed by atoms with Gasteiger partial charge in [-0.1, -0.05) is 37.3 Å². The zero-order valence-electron chi connectivity index (χ0n) is 8.34. The van der Waals surface area contributed by atoms with Crippen LogP contribution in [0.1, 0.15) is 23.7 Å². The average molecular weight is 205 g/mol. The van der Waals surface area contributed by atoms with Crippen LogP contribution in [0.25, 0.3) is 0 Å². The number of carbonyl (C=O) groups excluding carboxylic acids is 2. The number of rotatable bonds is 4. The van der Waals surface area contributed by atoms with Gasteiger partial charge in [0.1, 0.15) is 0 Å². The quantitative estimate of drug-likeness (QED) is 0.559. The van der Waals surface area contributed by atoms with Crippen LogP contribution in [0, 0.1) is 10.8 Å². The molecule has 0 saturated heterocycles. The summed E-state index contributed by atoms with van der Waals surface area (Å²) in [6.45, 7) is 1.52. The monoisotopic (exact) mass is 205 g/mol. The zero-order chi connectivity index (χ0) is 11.3. The molecule has 1 aromatic rings. The second-order valence-corrected chi connectivity index (χ2v) is 3.32. The van der Waals surface area contributed by atoms with E-state index < -0.39 is 11.8 Å². The highest BCUT2D eigenvalue weighted by Crippen LogP contribution is 2.10. The standard InChI is InChI=1S/C11H11NO3/c1-8(11(14)12-15)7-10(13)9-5-3-2-4-6-9/h2-6,8H,7H2,1H3. The molecule has 0 aromatic heterocycles. The summed E-state index contributed by atoms with van der Waals surface area (Å²) in [5.74, 6) is -1.57. The number of amides is 1. The molecule has 4 heteroatoms. The van der Waals surface area contributed by atoms with Crippen molar-refractivity contribution in [1.29, 1.82) is 0 Å². The molecule has 78 valence electrons. The minimum Gasteiger partial charge on any atom is -0.294 e. The maximum atomic E-state index is 11.6. The van der Waals surface area contributed by atoms with Gasteiger partial charge in [0.25, 0.3) is 5.91 Å². The molecule has 0 aliphatic heterocycles. The normalized spacial score (nSPS) is 11.8. The Morgan fingerprint density at radius 2 is 1.87 bits per heavy atom. The summed E-state index contributed by atoms with van der Waals surface area (Å²) in [7, 11) is 0. The van der Waals surface area contributed by atoms with Gasteiger partial charge in [-0.2, -0.15) is 0 Å². The van der Waals surface area contributed by atoms with Gasteiger partial charge in [0.15, 0.2) is 5.78 Å². The lowest BCUT2D eigenvalue weighted by Gasteiger charge is -2.04. The molecule has 0 spiro atoms. The fourth-order valence-corrected chi connectivity index (χ4v) is 1.20. The first-order valence-corrected chi connectivity index (χ1v) is 4.60. The fourth-order valence-electron chi connectivity index (χ4n) is 1.20. The Labute approximate surface area is 87.3 Å². The first kappa shape index (κ1) is 11.2. The number of benzene rings is 1. The number of hydrogen-bond acceptors (Lipinski definition) is 3. The number of ketones is 1. The molecule has 0 saturated carbocycles. The van der Waals surface area contributed by atoms with E-state index in [9.17, 15) is 14.5 Å². The first-order chi connectivity index (χ1) is 7.15. The van der Waals surface area contributed by atoms with E-state index in [1.54, 1.807) is 30.3 Å². The summed E-state index contributed by atoms with van der Waals surface area (Å²) in [4.78, 5) is 32.4. The van der Waals surface area contributed by atoms with Gasteiger partial charge in [0, 0.05) is 23.1 Å². The Morgan fingerprint density at radius 1 is 1.27 bits per heavy atom. The molecule has 4 nitrogen and oxygen atoms in total. The highest BCUT2D eigenvalue weighted by Gasteiger charge is 2.18. The van der Waals surface area contributed by atoms with E-state index in [4.69, 9.17) is 0 Å². The molecule has 0 heterocycles. The van der Waals surface area contributed by atoms with Crippen LogP contribution >= 0.6 is 0 Å². The van der Waals surface area contributed by atoms with Crippen LogP contribution in [0.15, 0.2) is 35.5 Å². The van der Waals surface area contributed by atoms with E-state index in [0.29, 0.717) is 5.56 Å². The van der Waals surface area contributed by atoms with Gasteiger partial charge in [-0.15, -0.1) is 4.91 Å². The fraction of sp³-hybridized carbons (Fsp3) is 0.273. The second-order valence-electron chi connectivity index (χ2n) is 3.32. The second kappa shape index (κ2) is 5.14. The number of Topliss-reactive ketones (excluding diaryl/α,β-unsaturated/α-hetero) is 1. The number of nitrogens with zero attached hydrogens (tertiary/aromatic N) is 1. The lowest BCUT2D eigenvalue weighted by atomic mass is 9.99. The third-order valence-electron chi connectivity index (χ3n) is 2.10. The van der Waals surface area contributed by atoms with Crippen LogP contribution in [0.3, 0.4) is 0 Å². The van der Waals surface area contributed by atoms with Crippen molar-refractivity contribution >= 4 is 11.7 Å². The van der Waals surface area contributed by atoms with Crippen LogP contribution in [-0.4, -0.2) is 11.7 Å². The van der Waals surface area contributed by atoms with Crippen LogP contribution in [0.2, 0.25) is 0 Å². The third-order valence-corrected chi connectivity index (χ3v) is 2.10. The van der Waals surface area contributed by atoms with Crippen LogP contribution in [0.4, 0.5) is 0 Å². The predicted molar refractivity (Wildman–Crippen MR) is 55.4 cm³/mol. The van der Waals surface area contributed by atoms with Gasteiger partial charge >= 0.3 is 0 Å². The van der Waals surface area contributed by atoms with E-state index in [1.807, 2.05) is 0 Å². The number of hydrogen-bond donors (Lipinski definition) is 0. The van der Waals surface area contributed by atoms with E-state index in [2.05, 4.69) is 5.18 Å². The summed E-state index contributed by atoms with van der Waals surface area (Å²) in [5.41, 5.74) is 0.544. The zero-order valence-corrected chi connectivity index (χ0v) is 8.34. The Balaban J connectivity index is 2.64. The van der Waals surface area contributed by atoms with Crippen molar-refractivity contribution < 1.29 is 9.59 Å². The smallest absolute Gasteiger partial charge is 0.289 e. The molecule has 1 amide bonds. The highest BCUT2D eigenvalue weighted by atomic mass is 16.3. The van der Waals surface area contributed by atoms with Crippen molar-refractivity contribution in [1.82, 2.24) is 0 Å². The highest BCUT2D eigenvalue weighted by molar-refractivity contribution is 5.98. The molecule has 0 bridgehead atoms. The summed E-state index contributed by atoms with van der Waals surface area (Å²) in [6, 6.07) is 8.65. The molecule has 15 heavy (non-hydrogen) atoms. The van der Waals surface area contributed by atoms with Gasteiger partial charge in [-0.25, -0.2) is 0 Å². The summed E-state index contributed by atoms with van der Waals surface area (Å²) in [6.07, 6.45) is 0.0224. The maximum absolute atomic E-state index is 11.6. The molecule has 0 aliphatic carbocycles. The molecule has 0 N–H and O–H groups in total. The van der Waals surface area contributed by atoms with Gasteiger partial charge in [0.2, 0.25) is 0 Å². The Hall–Kier alpha value is -1.84. The minimum atomic E-state index is -0.778. The Morgan fingerprint density at radius 3 is 2.40 bits per heavy atom. The SMILES string of the molecule is CC(CC(=O)c1ccccc1)C(=O)N=O. The lowest BCUT2D eigenvalue weighted by Crippen LogP contribution is -2.13. The molecule has 0 aliphatic rings. The third kappa shape index (κ3) is 3.09. The molecule has 0 radical (unpaired) electrons. The number of carbonyl (C=O) groups is 2. The van der Waals surface area contributed by atoms with Crippen LogP contribution in [-0.2, 0) is 4.79 Å². The molecular weight excluding hydrogens is 194 g/mol. The van der Waals surface area contributed by atoms with Gasteiger partial charge < -0.3 is 0 Å². The maximum Gasteiger partial charge on any atom is 0.289 e. The van der Waals surface area contributed by atoms with Crippen molar-refractivity contribution in [3.05, 3.63) is 40.8 Å². The van der Waals surface area contributed by atoms with Gasteiger partial charge in [0.05, 0.1) is 0 Å². The first-order valence-electron chi connectivity index (χ1n) is 4.60. The summed E-state index contributed by atoms with van der Waals surface area (Å²) in [5, 5.41) is 2.29. The molecule has 1 aromatic carbocycles. The number of nitroso groups, excluding NO2 is 1. The van der Waals surface area contributed by atoms with E-state index >= 15 is 0 Å². The largest absolute Gasteiger partial charge is 0.294 e. The Kier molecular flexibility index (Phi) is 3.85. The van der Waals surface area contributed by atoms with Crippen molar-refractivity contribution in [3.8, 4) is 0 Å². The molecular formula is C11H11NO3. The predicted octanol–water partition coefficient (Wildman–Crippen LogP) is 2.19. The van der Waals surface area contributed by atoms with Crippen LogP contribution in [0.5, 0.6) is 0 Å². The van der Waals surface area contributed by atoms with Gasteiger partial charge in [-0.05, 0) is 0 Å². The minimum absolute atomic E-state index is 0.0224. The molecule has 1 unspecified atom stereocenters. The lowest BCUT2D eigenvalue weighted by molar-refractivity contribution is -0.121.